The Kier molecular flexibility index (Phi) is 6.10. The molecule has 3 aromatic rings. The van der Waals surface area contributed by atoms with Crippen LogP contribution in [0.3, 0.4) is 0 Å². The van der Waals surface area contributed by atoms with Gasteiger partial charge in [-0.3, -0.25) is 4.79 Å². The van der Waals surface area contributed by atoms with Crippen molar-refractivity contribution in [1.82, 2.24) is 25.3 Å². The lowest BCUT2D eigenvalue weighted by Crippen LogP contribution is -2.41. The highest BCUT2D eigenvalue weighted by Gasteiger charge is 2.23. The number of hydrogen-bond acceptors (Lipinski definition) is 5. The Labute approximate surface area is 177 Å². The Morgan fingerprint density at radius 2 is 1.90 bits per heavy atom. The van der Waals surface area contributed by atoms with E-state index in [1.807, 2.05) is 41.9 Å². The maximum absolute atomic E-state index is 12.8. The second kappa shape index (κ2) is 8.42. The molecule has 1 amide bonds. The van der Waals surface area contributed by atoms with E-state index >= 15 is 0 Å². The van der Waals surface area contributed by atoms with E-state index in [-0.39, 0.29) is 17.4 Å². The van der Waals surface area contributed by atoms with Crippen molar-refractivity contribution in [2.75, 3.05) is 0 Å². The van der Waals surface area contributed by atoms with Gasteiger partial charge >= 0.3 is 0 Å². The van der Waals surface area contributed by atoms with Crippen molar-refractivity contribution in [2.45, 2.75) is 60.9 Å². The van der Waals surface area contributed by atoms with E-state index in [2.05, 4.69) is 50.1 Å². The first-order valence-corrected chi connectivity index (χ1v) is 10.4. The zero-order chi connectivity index (χ0) is 22.1. The summed E-state index contributed by atoms with van der Waals surface area (Å²) in [6.07, 6.45) is 0.831. The highest BCUT2D eigenvalue weighted by atomic mass is 16.4. The lowest BCUT2D eigenvalue weighted by Gasteiger charge is -2.28. The molecule has 0 aliphatic carbocycles. The lowest BCUT2D eigenvalue weighted by atomic mass is 9.88. The number of benzene rings is 1. The van der Waals surface area contributed by atoms with Crippen molar-refractivity contribution in [3.63, 3.8) is 0 Å². The third kappa shape index (κ3) is 4.96. The molecule has 0 saturated carbocycles. The fourth-order valence-electron chi connectivity index (χ4n) is 2.99. The summed E-state index contributed by atoms with van der Waals surface area (Å²) in [5.41, 5.74) is 3.06. The summed E-state index contributed by atoms with van der Waals surface area (Å²) in [7, 11) is 0. The first-order valence-electron chi connectivity index (χ1n) is 10.4. The van der Waals surface area contributed by atoms with E-state index in [0.717, 1.165) is 17.8 Å². The van der Waals surface area contributed by atoms with Gasteiger partial charge in [-0.15, -0.1) is 10.2 Å². The van der Waals surface area contributed by atoms with Gasteiger partial charge < -0.3 is 9.73 Å². The molecular formula is C23H31N5O2. The van der Waals surface area contributed by atoms with Crippen molar-refractivity contribution < 1.29 is 9.21 Å². The number of carbonyl (C=O) groups excluding carboxylic acids is 1. The van der Waals surface area contributed by atoms with Crippen LogP contribution in [0.1, 0.15) is 63.5 Å². The van der Waals surface area contributed by atoms with Crippen molar-refractivity contribution >= 4 is 5.91 Å². The molecule has 3 rings (SSSR count). The maximum Gasteiger partial charge on any atom is 0.268 e. The standard InChI is InChI=1S/C23H31N5O2/c1-14(2)11-19-13-20(22-26-25-16(4)30-22)27-28(19)18-10-8-9-17(12-18)21(29)24-15(3)23(5,6)7/h8-10,12-15H,11H2,1-7H3,(H,24,29). The van der Waals surface area contributed by atoms with Crippen LogP contribution in [0.2, 0.25) is 0 Å². The number of amides is 1. The fraction of sp³-hybridized carbons (Fsp3) is 0.478. The van der Waals surface area contributed by atoms with Gasteiger partial charge in [0.1, 0.15) is 5.69 Å². The molecule has 0 bridgehead atoms. The molecule has 1 aromatic carbocycles. The fourth-order valence-corrected chi connectivity index (χ4v) is 2.99. The molecule has 1 unspecified atom stereocenters. The molecule has 0 aliphatic rings. The zero-order valence-electron chi connectivity index (χ0n) is 18.9. The predicted octanol–water partition coefficient (Wildman–Crippen LogP) is 4.59. The minimum Gasteiger partial charge on any atom is -0.420 e. The van der Waals surface area contributed by atoms with Gasteiger partial charge in [-0.1, -0.05) is 40.7 Å². The molecule has 2 aromatic heterocycles. The maximum atomic E-state index is 12.8. The first-order chi connectivity index (χ1) is 14.0. The van der Waals surface area contributed by atoms with Crippen LogP contribution in [0.15, 0.2) is 34.7 Å². The molecule has 0 radical (unpaired) electrons. The average Bonchev–Trinajstić information content (AvgIpc) is 3.26. The molecule has 0 saturated heterocycles. The van der Waals surface area contributed by atoms with Crippen LogP contribution in [-0.4, -0.2) is 31.9 Å². The Hall–Kier alpha value is -2.96. The predicted molar refractivity (Wildman–Crippen MR) is 117 cm³/mol. The van der Waals surface area contributed by atoms with E-state index in [4.69, 9.17) is 9.52 Å². The number of rotatable bonds is 6. The largest absolute Gasteiger partial charge is 0.420 e. The Morgan fingerprint density at radius 3 is 2.50 bits per heavy atom. The van der Waals surface area contributed by atoms with E-state index in [1.165, 1.54) is 0 Å². The molecule has 1 N–H and O–H groups in total. The molecule has 7 nitrogen and oxygen atoms in total. The van der Waals surface area contributed by atoms with E-state index in [1.54, 1.807) is 6.92 Å². The summed E-state index contributed by atoms with van der Waals surface area (Å²) >= 11 is 0. The van der Waals surface area contributed by atoms with Gasteiger partial charge in [0.15, 0.2) is 0 Å². The second-order valence-electron chi connectivity index (χ2n) is 9.27. The molecule has 1 atom stereocenters. The molecule has 0 aliphatic heterocycles. The highest BCUT2D eigenvalue weighted by molar-refractivity contribution is 5.95. The van der Waals surface area contributed by atoms with Gasteiger partial charge in [0, 0.05) is 24.2 Å². The normalized spacial score (nSPS) is 12.9. The number of carbonyl (C=O) groups is 1. The van der Waals surface area contributed by atoms with Gasteiger partial charge in [0.05, 0.1) is 5.69 Å². The number of aryl methyl sites for hydroxylation is 1. The summed E-state index contributed by atoms with van der Waals surface area (Å²) in [6, 6.07) is 9.53. The van der Waals surface area contributed by atoms with Crippen LogP contribution < -0.4 is 5.32 Å². The second-order valence-corrected chi connectivity index (χ2v) is 9.27. The van der Waals surface area contributed by atoms with Gasteiger partial charge in [0.25, 0.3) is 11.8 Å². The smallest absolute Gasteiger partial charge is 0.268 e. The first kappa shape index (κ1) is 21.7. The van der Waals surface area contributed by atoms with Crippen LogP contribution in [-0.2, 0) is 6.42 Å². The molecular weight excluding hydrogens is 378 g/mol. The Bertz CT molecular complexity index is 1030. The van der Waals surface area contributed by atoms with E-state index in [0.29, 0.717) is 29.0 Å². The molecule has 0 fully saturated rings. The number of aromatic nitrogens is 4. The summed E-state index contributed by atoms with van der Waals surface area (Å²) < 4.78 is 7.41. The van der Waals surface area contributed by atoms with Crippen molar-refractivity contribution in [3.8, 4) is 17.3 Å². The number of nitrogens with zero attached hydrogens (tertiary/aromatic N) is 4. The van der Waals surface area contributed by atoms with Crippen LogP contribution in [0.4, 0.5) is 0 Å². The zero-order valence-corrected chi connectivity index (χ0v) is 18.9. The van der Waals surface area contributed by atoms with E-state index in [9.17, 15) is 4.79 Å². The summed E-state index contributed by atoms with van der Waals surface area (Å²) in [4.78, 5) is 12.8. The van der Waals surface area contributed by atoms with Gasteiger partial charge in [-0.05, 0) is 48.9 Å². The van der Waals surface area contributed by atoms with Crippen LogP contribution in [0, 0.1) is 18.3 Å². The van der Waals surface area contributed by atoms with Gasteiger partial charge in [-0.2, -0.15) is 5.10 Å². The summed E-state index contributed by atoms with van der Waals surface area (Å²) in [5, 5.41) is 15.8. The minimum absolute atomic E-state index is 0.0171. The minimum atomic E-state index is -0.0930. The van der Waals surface area contributed by atoms with Crippen LogP contribution >= 0.6 is 0 Å². The van der Waals surface area contributed by atoms with Gasteiger partial charge in [0.2, 0.25) is 5.89 Å². The van der Waals surface area contributed by atoms with Crippen LogP contribution in [0.5, 0.6) is 0 Å². The summed E-state index contributed by atoms with van der Waals surface area (Å²) in [6.45, 7) is 14.4. The van der Waals surface area contributed by atoms with Crippen molar-refractivity contribution in [2.24, 2.45) is 11.3 Å². The topological polar surface area (TPSA) is 85.8 Å². The molecule has 30 heavy (non-hydrogen) atoms. The van der Waals surface area contributed by atoms with Crippen LogP contribution in [0.25, 0.3) is 17.3 Å². The molecule has 160 valence electrons. The lowest BCUT2D eigenvalue weighted by molar-refractivity contribution is 0.0910. The summed E-state index contributed by atoms with van der Waals surface area (Å²) in [5.74, 6) is 1.24. The Morgan fingerprint density at radius 1 is 1.17 bits per heavy atom. The third-order valence-electron chi connectivity index (χ3n) is 5.15. The monoisotopic (exact) mass is 409 g/mol. The Balaban J connectivity index is 1.96. The SMILES string of the molecule is Cc1nnc(-c2cc(CC(C)C)n(-c3cccc(C(=O)NC(C)C(C)(C)C)c3)n2)o1. The quantitative estimate of drug-likeness (QED) is 0.643. The third-order valence-corrected chi connectivity index (χ3v) is 5.15. The molecule has 7 heteroatoms. The number of nitrogens with one attached hydrogen (secondary N) is 1. The van der Waals surface area contributed by atoms with Crippen molar-refractivity contribution in [1.29, 1.82) is 0 Å². The van der Waals surface area contributed by atoms with Crippen molar-refractivity contribution in [3.05, 3.63) is 47.5 Å². The number of hydrogen-bond donors (Lipinski definition) is 1. The molecule has 2 heterocycles. The highest BCUT2D eigenvalue weighted by Crippen LogP contribution is 2.24. The molecule has 0 spiro atoms. The van der Waals surface area contributed by atoms with E-state index < -0.39 is 0 Å². The average molecular weight is 410 g/mol. The van der Waals surface area contributed by atoms with Gasteiger partial charge in [-0.25, -0.2) is 4.68 Å².